The summed E-state index contributed by atoms with van der Waals surface area (Å²) in [4.78, 5) is 12.4. The molecular weight excluding hydrogens is 476 g/mol. The maximum absolute atomic E-state index is 12.4. The van der Waals surface area contributed by atoms with Gasteiger partial charge in [-0.25, -0.2) is 5.43 Å². The smallest absolute Gasteiger partial charge is 0.266 e. The molecule has 0 saturated heterocycles. The maximum Gasteiger partial charge on any atom is 0.293 e. The minimum absolute atomic E-state index is 0.275. The van der Waals surface area contributed by atoms with Crippen LogP contribution >= 0.6 is 27.5 Å². The van der Waals surface area contributed by atoms with Crippen LogP contribution in [0.5, 0.6) is 0 Å². The van der Waals surface area contributed by atoms with Crippen LogP contribution < -0.4 is 5.43 Å². The van der Waals surface area contributed by atoms with Crippen LogP contribution in [0, 0.1) is 0 Å². The lowest BCUT2D eigenvalue weighted by Gasteiger charge is -2.05. The fourth-order valence-corrected chi connectivity index (χ4v) is 3.55. The Morgan fingerprint density at radius 2 is 1.87 bits per heavy atom. The molecule has 0 aliphatic heterocycles. The number of amides is 1. The Morgan fingerprint density at radius 1 is 1.19 bits per heavy atom. The van der Waals surface area contributed by atoms with Crippen molar-refractivity contribution in [3.8, 4) is 0 Å². The summed E-state index contributed by atoms with van der Waals surface area (Å²) in [6.45, 7) is 6.81. The van der Waals surface area contributed by atoms with Gasteiger partial charge >= 0.3 is 0 Å². The highest BCUT2D eigenvalue weighted by atomic mass is 79.9. The predicted octanol–water partition coefficient (Wildman–Crippen LogP) is 6.29. The van der Waals surface area contributed by atoms with E-state index in [9.17, 15) is 4.79 Å². The molecule has 0 spiro atoms. The lowest BCUT2D eigenvalue weighted by molar-refractivity contribution is 0.0948. The number of hydrazone groups is 1. The molecule has 0 atom stereocenters. The third kappa shape index (κ3) is 6.64. The van der Waals surface area contributed by atoms with Crippen molar-refractivity contribution >= 4 is 45.7 Å². The SMILES string of the molecule is CC(/C=N/NC(=O)c1nn(Cc2ccc(Cl)cc2)cc1Br)=C\c1ccc(C(C)C)cc1. The van der Waals surface area contributed by atoms with E-state index < -0.39 is 0 Å². The zero-order valence-corrected chi connectivity index (χ0v) is 20.0. The number of benzene rings is 2. The second-order valence-corrected chi connectivity index (χ2v) is 8.85. The fraction of sp³-hybridized carbons (Fsp3) is 0.208. The van der Waals surface area contributed by atoms with Gasteiger partial charge in [-0.3, -0.25) is 9.48 Å². The topological polar surface area (TPSA) is 59.3 Å². The molecule has 2 aromatic carbocycles. The first kappa shape index (κ1) is 23.0. The van der Waals surface area contributed by atoms with Gasteiger partial charge in [-0.15, -0.1) is 0 Å². The number of hydrogen-bond donors (Lipinski definition) is 1. The highest BCUT2D eigenvalue weighted by Gasteiger charge is 2.14. The number of hydrogen-bond acceptors (Lipinski definition) is 3. The summed E-state index contributed by atoms with van der Waals surface area (Å²) in [6, 6.07) is 15.9. The van der Waals surface area contributed by atoms with Crippen molar-refractivity contribution in [3.63, 3.8) is 0 Å². The molecule has 7 heteroatoms. The molecule has 1 N–H and O–H groups in total. The molecule has 0 fully saturated rings. The Kier molecular flexibility index (Phi) is 7.82. The molecule has 0 aliphatic carbocycles. The third-order valence-corrected chi connectivity index (χ3v) is 5.45. The summed E-state index contributed by atoms with van der Waals surface area (Å²) in [7, 11) is 0. The molecule has 0 unspecified atom stereocenters. The lowest BCUT2D eigenvalue weighted by atomic mass is 10.0. The van der Waals surface area contributed by atoms with Crippen LogP contribution in [0.3, 0.4) is 0 Å². The van der Waals surface area contributed by atoms with E-state index in [2.05, 4.69) is 69.7 Å². The van der Waals surface area contributed by atoms with Crippen LogP contribution in [0.25, 0.3) is 6.08 Å². The van der Waals surface area contributed by atoms with Gasteiger partial charge in [0.2, 0.25) is 0 Å². The molecule has 0 bridgehead atoms. The molecule has 0 saturated carbocycles. The molecule has 3 rings (SSSR count). The zero-order chi connectivity index (χ0) is 22.4. The van der Waals surface area contributed by atoms with E-state index in [-0.39, 0.29) is 11.6 Å². The van der Waals surface area contributed by atoms with Crippen LogP contribution in [0.15, 0.2) is 69.9 Å². The predicted molar refractivity (Wildman–Crippen MR) is 131 cm³/mol. The fourth-order valence-electron chi connectivity index (χ4n) is 2.93. The van der Waals surface area contributed by atoms with Crippen LogP contribution in [0.1, 0.15) is 53.9 Å². The molecule has 5 nitrogen and oxygen atoms in total. The first-order chi connectivity index (χ1) is 14.8. The van der Waals surface area contributed by atoms with Crippen molar-refractivity contribution in [1.29, 1.82) is 0 Å². The monoisotopic (exact) mass is 498 g/mol. The van der Waals surface area contributed by atoms with Gasteiger partial charge in [0, 0.05) is 11.2 Å². The van der Waals surface area contributed by atoms with Crippen molar-refractivity contribution in [2.75, 3.05) is 0 Å². The van der Waals surface area contributed by atoms with Crippen LogP contribution in [-0.2, 0) is 6.54 Å². The van der Waals surface area contributed by atoms with Crippen molar-refractivity contribution in [2.24, 2.45) is 5.10 Å². The Bertz CT molecular complexity index is 1100. The van der Waals surface area contributed by atoms with E-state index in [0.717, 1.165) is 16.7 Å². The minimum Gasteiger partial charge on any atom is -0.266 e. The number of carbonyl (C=O) groups is 1. The number of halogens is 2. The Morgan fingerprint density at radius 3 is 2.52 bits per heavy atom. The van der Waals surface area contributed by atoms with E-state index in [1.165, 1.54) is 5.56 Å². The summed E-state index contributed by atoms with van der Waals surface area (Å²) in [6.07, 6.45) is 5.39. The standard InChI is InChI=1S/C24H24BrClN4O/c1-16(2)20-8-4-18(5-9-20)12-17(3)13-27-28-24(31)23-22(25)15-30(29-23)14-19-6-10-21(26)11-7-19/h4-13,15-16H,14H2,1-3H3,(H,28,31)/b17-12+,27-13+. The van der Waals surface area contributed by atoms with E-state index in [1.807, 2.05) is 37.3 Å². The summed E-state index contributed by atoms with van der Waals surface area (Å²) in [5.74, 6) is 0.122. The average Bonchev–Trinajstić information content (AvgIpc) is 3.10. The van der Waals surface area contributed by atoms with Gasteiger partial charge in [-0.05, 0) is 63.2 Å². The van der Waals surface area contributed by atoms with E-state index in [4.69, 9.17) is 11.6 Å². The van der Waals surface area contributed by atoms with E-state index in [1.54, 1.807) is 17.1 Å². The molecule has 160 valence electrons. The second-order valence-electron chi connectivity index (χ2n) is 7.56. The normalized spacial score (nSPS) is 12.0. The van der Waals surface area contributed by atoms with Crippen molar-refractivity contribution in [3.05, 3.63) is 92.2 Å². The first-order valence-corrected chi connectivity index (χ1v) is 11.1. The molecule has 3 aromatic rings. The largest absolute Gasteiger partial charge is 0.293 e. The highest BCUT2D eigenvalue weighted by molar-refractivity contribution is 9.10. The van der Waals surface area contributed by atoms with Gasteiger partial charge in [0.25, 0.3) is 5.91 Å². The van der Waals surface area contributed by atoms with E-state index >= 15 is 0 Å². The molecular formula is C24H24BrClN4O. The Balaban J connectivity index is 1.60. The number of rotatable bonds is 7. The summed E-state index contributed by atoms with van der Waals surface area (Å²) in [5, 5.41) is 9.09. The highest BCUT2D eigenvalue weighted by Crippen LogP contribution is 2.18. The molecule has 31 heavy (non-hydrogen) atoms. The van der Waals surface area contributed by atoms with Crippen molar-refractivity contribution in [1.82, 2.24) is 15.2 Å². The first-order valence-electron chi connectivity index (χ1n) is 9.91. The second kappa shape index (κ2) is 10.6. The minimum atomic E-state index is -0.382. The number of nitrogens with one attached hydrogen (secondary N) is 1. The van der Waals surface area contributed by atoms with Gasteiger partial charge in [-0.2, -0.15) is 10.2 Å². The summed E-state index contributed by atoms with van der Waals surface area (Å²) >= 11 is 9.31. The molecule has 1 aromatic heterocycles. The molecule has 1 heterocycles. The zero-order valence-electron chi connectivity index (χ0n) is 17.6. The summed E-state index contributed by atoms with van der Waals surface area (Å²) in [5.41, 5.74) is 7.15. The number of allylic oxidation sites excluding steroid dienone is 1. The summed E-state index contributed by atoms with van der Waals surface area (Å²) < 4.78 is 2.30. The van der Waals surface area contributed by atoms with Crippen molar-refractivity contribution < 1.29 is 4.79 Å². The van der Waals surface area contributed by atoms with Gasteiger partial charge < -0.3 is 0 Å². The van der Waals surface area contributed by atoms with Crippen LogP contribution in [0.4, 0.5) is 0 Å². The van der Waals surface area contributed by atoms with E-state index in [0.29, 0.717) is 22.0 Å². The molecule has 1 amide bonds. The Labute approximate surface area is 195 Å². The van der Waals surface area contributed by atoms with Crippen molar-refractivity contribution in [2.45, 2.75) is 33.2 Å². The Hall–Kier alpha value is -2.70. The van der Waals surface area contributed by atoms with Crippen LogP contribution in [0.2, 0.25) is 5.02 Å². The lowest BCUT2D eigenvalue weighted by Crippen LogP contribution is -2.19. The van der Waals surface area contributed by atoms with Gasteiger partial charge in [0.05, 0.1) is 17.2 Å². The van der Waals surface area contributed by atoms with Gasteiger partial charge in [0.1, 0.15) is 0 Å². The van der Waals surface area contributed by atoms with Gasteiger partial charge in [-0.1, -0.05) is 67.9 Å². The number of carbonyl (C=O) groups excluding carboxylic acids is 1. The maximum atomic E-state index is 12.4. The number of nitrogens with zero attached hydrogens (tertiary/aromatic N) is 3. The third-order valence-electron chi connectivity index (χ3n) is 4.62. The average molecular weight is 500 g/mol. The number of aromatic nitrogens is 2. The van der Waals surface area contributed by atoms with Crippen LogP contribution in [-0.4, -0.2) is 21.9 Å². The molecule has 0 aliphatic rings. The quantitative estimate of drug-likeness (QED) is 0.307. The molecule has 0 radical (unpaired) electrons. The van der Waals surface area contributed by atoms with Gasteiger partial charge in [0.15, 0.2) is 5.69 Å².